The van der Waals surface area contributed by atoms with Gasteiger partial charge in [0, 0.05) is 17.3 Å². The molecule has 134 valence electrons. The van der Waals surface area contributed by atoms with E-state index in [1.54, 1.807) is 12.1 Å². The molecule has 0 unspecified atom stereocenters. The van der Waals surface area contributed by atoms with E-state index in [0.29, 0.717) is 17.0 Å². The van der Waals surface area contributed by atoms with Gasteiger partial charge in [0.2, 0.25) is 5.95 Å². The van der Waals surface area contributed by atoms with Crippen LogP contribution >= 0.6 is 0 Å². The molecule has 0 spiro atoms. The van der Waals surface area contributed by atoms with E-state index >= 15 is 0 Å². The van der Waals surface area contributed by atoms with Crippen molar-refractivity contribution in [1.82, 2.24) is 4.98 Å². The van der Waals surface area contributed by atoms with Gasteiger partial charge in [-0.25, -0.2) is 9.37 Å². The molecule has 1 aliphatic carbocycles. The van der Waals surface area contributed by atoms with Crippen LogP contribution in [0.25, 0.3) is 11.1 Å². The zero-order valence-electron chi connectivity index (χ0n) is 15.0. The second kappa shape index (κ2) is 8.55. The van der Waals surface area contributed by atoms with Gasteiger partial charge in [-0.05, 0) is 61.3 Å². The van der Waals surface area contributed by atoms with Crippen LogP contribution in [0, 0.1) is 17.7 Å². The molecule has 0 aliphatic heterocycles. The lowest BCUT2D eigenvalue weighted by atomic mass is 9.77. The zero-order valence-corrected chi connectivity index (χ0v) is 15.0. The normalized spacial score (nSPS) is 20.6. The predicted octanol–water partition coefficient (Wildman–Crippen LogP) is 6.88. The van der Waals surface area contributed by atoms with E-state index in [4.69, 9.17) is 0 Å². The van der Waals surface area contributed by atoms with Gasteiger partial charge in [-0.1, -0.05) is 44.7 Å². The topological polar surface area (TPSA) is 12.9 Å². The summed E-state index contributed by atoms with van der Waals surface area (Å²) in [6, 6.07) is 8.35. The Morgan fingerprint density at radius 1 is 1.00 bits per heavy atom. The number of hydrogen-bond donors (Lipinski definition) is 0. The first kappa shape index (κ1) is 18.0. The lowest BCUT2D eigenvalue weighted by molar-refractivity contribution is 0.302. The Balaban J connectivity index is 1.63. The van der Waals surface area contributed by atoms with Crippen molar-refractivity contribution in [1.29, 1.82) is 0 Å². The summed E-state index contributed by atoms with van der Waals surface area (Å²) in [5.41, 5.74) is 2.21. The smallest absolute Gasteiger partial charge is 0.212 e. The van der Waals surface area contributed by atoms with E-state index in [9.17, 15) is 8.78 Å². The van der Waals surface area contributed by atoms with Gasteiger partial charge < -0.3 is 0 Å². The summed E-state index contributed by atoms with van der Waals surface area (Å²) in [6.07, 6.45) is 11.6. The molecule has 1 aromatic carbocycles. The molecule has 0 atom stereocenters. The number of aromatic nitrogens is 1. The number of rotatable bonds is 6. The van der Waals surface area contributed by atoms with E-state index in [0.717, 1.165) is 24.3 Å². The van der Waals surface area contributed by atoms with Gasteiger partial charge in [-0.3, -0.25) is 0 Å². The Kier molecular flexibility index (Phi) is 6.17. The molecule has 0 amide bonds. The third-order valence-corrected chi connectivity index (χ3v) is 5.57. The molecular weight excluding hydrogens is 316 g/mol. The zero-order chi connectivity index (χ0) is 17.6. The highest BCUT2D eigenvalue weighted by molar-refractivity contribution is 5.63. The highest BCUT2D eigenvalue weighted by atomic mass is 19.1. The van der Waals surface area contributed by atoms with Crippen molar-refractivity contribution in [3.05, 3.63) is 53.9 Å². The van der Waals surface area contributed by atoms with Crippen molar-refractivity contribution < 1.29 is 8.78 Å². The van der Waals surface area contributed by atoms with Crippen LogP contribution in [0.1, 0.15) is 69.8 Å². The van der Waals surface area contributed by atoms with Gasteiger partial charge in [0.15, 0.2) is 0 Å². The van der Waals surface area contributed by atoms with E-state index in [1.807, 2.05) is 12.1 Å². The summed E-state index contributed by atoms with van der Waals surface area (Å²) in [6.45, 7) is 2.25. The molecule has 1 aromatic heterocycles. The molecule has 1 aliphatic rings. The molecule has 1 fully saturated rings. The fraction of sp³-hybridized carbons (Fsp3) is 0.500. The van der Waals surface area contributed by atoms with Gasteiger partial charge in [0.1, 0.15) is 5.82 Å². The minimum Gasteiger partial charge on any atom is -0.228 e. The van der Waals surface area contributed by atoms with Gasteiger partial charge in [0.25, 0.3) is 0 Å². The molecule has 2 aromatic rings. The Labute approximate surface area is 149 Å². The largest absolute Gasteiger partial charge is 0.228 e. The third-order valence-electron chi connectivity index (χ3n) is 5.57. The van der Waals surface area contributed by atoms with Crippen molar-refractivity contribution in [2.75, 3.05) is 0 Å². The van der Waals surface area contributed by atoms with E-state index in [1.165, 1.54) is 50.8 Å². The molecule has 0 saturated heterocycles. The maximum atomic E-state index is 14.6. The standard InChI is InChI=1S/C22H27F2N/c1-2-3-4-5-16-6-8-17(9-7-16)18-10-12-20(21(23)14-18)19-11-13-22(24)25-15-19/h10-17H,2-9H2,1H3. The van der Waals surface area contributed by atoms with E-state index < -0.39 is 5.95 Å². The van der Waals surface area contributed by atoms with E-state index in [2.05, 4.69) is 11.9 Å². The van der Waals surface area contributed by atoms with Crippen LogP contribution < -0.4 is 0 Å². The second-order valence-corrected chi connectivity index (χ2v) is 7.32. The maximum absolute atomic E-state index is 14.6. The summed E-state index contributed by atoms with van der Waals surface area (Å²) in [4.78, 5) is 3.61. The van der Waals surface area contributed by atoms with Crippen molar-refractivity contribution in [2.45, 2.75) is 64.2 Å². The predicted molar refractivity (Wildman–Crippen MR) is 98.4 cm³/mol. The number of unbranched alkanes of at least 4 members (excludes halogenated alkanes) is 2. The van der Waals surface area contributed by atoms with Crippen LogP contribution in [0.2, 0.25) is 0 Å². The van der Waals surface area contributed by atoms with Gasteiger partial charge >= 0.3 is 0 Å². The SMILES string of the molecule is CCCCCC1CCC(c2ccc(-c3ccc(F)nc3)c(F)c2)CC1. The maximum Gasteiger partial charge on any atom is 0.212 e. The van der Waals surface area contributed by atoms with Crippen molar-refractivity contribution >= 4 is 0 Å². The summed E-state index contributed by atoms with van der Waals surface area (Å²) in [7, 11) is 0. The number of halogens is 2. The van der Waals surface area contributed by atoms with Crippen LogP contribution in [0.15, 0.2) is 36.5 Å². The minimum atomic E-state index is -0.545. The summed E-state index contributed by atoms with van der Waals surface area (Å²) >= 11 is 0. The first-order chi connectivity index (χ1) is 12.2. The lowest BCUT2D eigenvalue weighted by Gasteiger charge is -2.29. The molecule has 0 radical (unpaired) electrons. The number of nitrogens with zero attached hydrogens (tertiary/aromatic N) is 1. The van der Waals surface area contributed by atoms with Crippen molar-refractivity contribution in [3.8, 4) is 11.1 Å². The van der Waals surface area contributed by atoms with Crippen molar-refractivity contribution in [3.63, 3.8) is 0 Å². The first-order valence-corrected chi connectivity index (χ1v) is 9.58. The fourth-order valence-corrected chi connectivity index (χ4v) is 4.02. The van der Waals surface area contributed by atoms with E-state index in [-0.39, 0.29) is 5.82 Å². The average Bonchev–Trinajstić information content (AvgIpc) is 2.63. The summed E-state index contributed by atoms with van der Waals surface area (Å²) < 4.78 is 27.5. The third kappa shape index (κ3) is 4.65. The molecule has 3 rings (SSSR count). The fourth-order valence-electron chi connectivity index (χ4n) is 4.02. The number of benzene rings is 1. The minimum absolute atomic E-state index is 0.240. The number of pyridine rings is 1. The lowest BCUT2D eigenvalue weighted by Crippen LogP contribution is -2.13. The van der Waals surface area contributed by atoms with Crippen LogP contribution in [0.4, 0.5) is 8.78 Å². The molecule has 1 saturated carbocycles. The van der Waals surface area contributed by atoms with Gasteiger partial charge in [-0.2, -0.15) is 4.39 Å². The molecule has 3 heteroatoms. The first-order valence-electron chi connectivity index (χ1n) is 9.58. The molecule has 1 heterocycles. The Bertz CT molecular complexity index is 673. The Hall–Kier alpha value is -1.77. The average molecular weight is 343 g/mol. The highest BCUT2D eigenvalue weighted by Gasteiger charge is 2.22. The molecular formula is C22H27F2N. The highest BCUT2D eigenvalue weighted by Crippen LogP contribution is 2.38. The van der Waals surface area contributed by atoms with Crippen molar-refractivity contribution in [2.24, 2.45) is 5.92 Å². The van der Waals surface area contributed by atoms with Gasteiger partial charge in [-0.15, -0.1) is 0 Å². The van der Waals surface area contributed by atoms with Crippen LogP contribution in [-0.4, -0.2) is 4.98 Å². The monoisotopic (exact) mass is 343 g/mol. The van der Waals surface area contributed by atoms with Crippen LogP contribution in [0.5, 0.6) is 0 Å². The molecule has 25 heavy (non-hydrogen) atoms. The summed E-state index contributed by atoms with van der Waals surface area (Å²) in [5.74, 6) is 0.543. The molecule has 0 bridgehead atoms. The Morgan fingerprint density at radius 3 is 2.44 bits per heavy atom. The Morgan fingerprint density at radius 2 is 1.80 bits per heavy atom. The molecule has 1 nitrogen and oxygen atoms in total. The van der Waals surface area contributed by atoms with Crippen LogP contribution in [-0.2, 0) is 0 Å². The number of hydrogen-bond acceptors (Lipinski definition) is 1. The second-order valence-electron chi connectivity index (χ2n) is 7.32. The molecule has 0 N–H and O–H groups in total. The van der Waals surface area contributed by atoms with Gasteiger partial charge in [0.05, 0.1) is 0 Å². The summed E-state index contributed by atoms with van der Waals surface area (Å²) in [5, 5.41) is 0. The van der Waals surface area contributed by atoms with Crippen LogP contribution in [0.3, 0.4) is 0 Å². The quantitative estimate of drug-likeness (QED) is 0.411.